The van der Waals surface area contributed by atoms with Crippen LogP contribution in [-0.2, 0) is 0 Å². The summed E-state index contributed by atoms with van der Waals surface area (Å²) in [6.45, 7) is 0. The Morgan fingerprint density at radius 3 is 1.80 bits per heavy atom. The van der Waals surface area contributed by atoms with Crippen molar-refractivity contribution in [2.24, 2.45) is 0 Å². The predicted molar refractivity (Wildman–Crippen MR) is 264 cm³/mol. The van der Waals surface area contributed by atoms with Gasteiger partial charge in [-0.3, -0.25) is 0 Å². The summed E-state index contributed by atoms with van der Waals surface area (Å²) in [5, 5.41) is 4.73. The number of aromatic amines is 1. The monoisotopic (exact) mass is 821 g/mol. The van der Waals surface area contributed by atoms with Crippen molar-refractivity contribution in [2.45, 2.75) is 12.8 Å². The molecule has 302 valence electrons. The Kier molecular flexibility index (Phi) is 8.21. The normalized spacial score (nSPS) is 13.5. The van der Waals surface area contributed by atoms with Crippen molar-refractivity contribution in [1.82, 2.24) is 24.5 Å². The van der Waals surface area contributed by atoms with Gasteiger partial charge in [-0.05, 0) is 91.2 Å². The number of H-pyrrole nitrogens is 1. The average molecular weight is 822 g/mol. The highest BCUT2D eigenvalue weighted by Crippen LogP contribution is 2.59. The molecular weight excluding hydrogens is 783 g/mol. The number of anilines is 6. The molecule has 4 heterocycles. The summed E-state index contributed by atoms with van der Waals surface area (Å²) >= 11 is 0. The molecule has 0 saturated heterocycles. The lowest BCUT2D eigenvalue weighted by molar-refractivity contribution is 0.977. The van der Waals surface area contributed by atoms with E-state index in [0.717, 1.165) is 96.8 Å². The van der Waals surface area contributed by atoms with E-state index in [-0.39, 0.29) is 0 Å². The molecule has 13 rings (SSSR count). The van der Waals surface area contributed by atoms with E-state index < -0.39 is 0 Å². The maximum atomic E-state index is 5.18. The second-order valence-electron chi connectivity index (χ2n) is 16.4. The summed E-state index contributed by atoms with van der Waals surface area (Å²) in [5.41, 5.74) is 14.9. The first-order valence-corrected chi connectivity index (χ1v) is 21.9. The molecular formula is C57H39N7. The van der Waals surface area contributed by atoms with Gasteiger partial charge in [0.15, 0.2) is 17.5 Å². The van der Waals surface area contributed by atoms with E-state index in [1.165, 1.54) is 16.2 Å². The average Bonchev–Trinajstić information content (AvgIpc) is 3.93. The highest BCUT2D eigenvalue weighted by Gasteiger charge is 2.36. The fourth-order valence-electron chi connectivity index (χ4n) is 9.87. The second-order valence-corrected chi connectivity index (χ2v) is 16.4. The summed E-state index contributed by atoms with van der Waals surface area (Å²) in [6.07, 6.45) is 8.27. The van der Waals surface area contributed by atoms with Gasteiger partial charge in [0.2, 0.25) is 0 Å². The van der Waals surface area contributed by atoms with Crippen LogP contribution in [0, 0.1) is 0 Å². The van der Waals surface area contributed by atoms with Crippen molar-refractivity contribution in [3.8, 4) is 28.5 Å². The minimum atomic E-state index is 0.640. The minimum Gasteiger partial charge on any atom is -0.353 e. The zero-order chi connectivity index (χ0) is 42.1. The Hall–Kier alpha value is -8.55. The van der Waals surface area contributed by atoms with Crippen LogP contribution in [0.3, 0.4) is 0 Å². The molecule has 64 heavy (non-hydrogen) atoms. The largest absolute Gasteiger partial charge is 0.353 e. The Bertz CT molecular complexity index is 3680. The van der Waals surface area contributed by atoms with Crippen LogP contribution < -0.4 is 9.80 Å². The molecule has 0 saturated carbocycles. The first-order valence-electron chi connectivity index (χ1n) is 21.9. The zero-order valence-corrected chi connectivity index (χ0v) is 34.7. The molecule has 0 spiro atoms. The Balaban J connectivity index is 1.10. The number of benzene rings is 8. The number of nitrogens with zero attached hydrogens (tertiary/aromatic N) is 6. The van der Waals surface area contributed by atoms with E-state index in [1.54, 1.807) is 0 Å². The summed E-state index contributed by atoms with van der Waals surface area (Å²) in [6, 6.07) is 67.0. The standard InChI is InChI=1S/C57H39N7/c1-5-18-37(19-6-1)55-59-56(38-20-7-2-8-21-38)61-57(60-55)39-22-17-27-42(36-39)64-48-31-16-14-29-44(48)46-33-35-50-54(52(46)64)63(41-25-11-4-12-26-41)49-34-32-45-43-28-13-15-30-47(43)58-51(45)53(49)62(50)40-23-9-3-10-24-40/h1-7,9-20,22-36,58H,8,21H2. The van der Waals surface area contributed by atoms with Gasteiger partial charge in [-0.25, -0.2) is 15.0 Å². The molecule has 7 heteroatoms. The molecule has 7 nitrogen and oxygen atoms in total. The lowest BCUT2D eigenvalue weighted by Crippen LogP contribution is -2.25. The molecule has 1 aliphatic heterocycles. The zero-order valence-electron chi connectivity index (χ0n) is 34.7. The molecule has 0 bridgehead atoms. The molecule has 1 N–H and O–H groups in total. The number of aromatic nitrogens is 5. The van der Waals surface area contributed by atoms with Crippen molar-refractivity contribution in [1.29, 1.82) is 0 Å². The van der Waals surface area contributed by atoms with E-state index in [1.807, 2.05) is 18.2 Å². The third kappa shape index (κ3) is 5.64. The van der Waals surface area contributed by atoms with Gasteiger partial charge in [0.05, 0.1) is 39.3 Å². The maximum Gasteiger partial charge on any atom is 0.164 e. The fourth-order valence-corrected chi connectivity index (χ4v) is 9.87. The van der Waals surface area contributed by atoms with Crippen molar-refractivity contribution in [3.63, 3.8) is 0 Å². The van der Waals surface area contributed by atoms with Crippen LogP contribution in [0.2, 0.25) is 0 Å². The third-order valence-electron chi connectivity index (χ3n) is 12.7. The highest BCUT2D eigenvalue weighted by molar-refractivity contribution is 6.23. The number of nitrogens with one attached hydrogen (secondary N) is 1. The predicted octanol–water partition coefficient (Wildman–Crippen LogP) is 14.9. The number of allylic oxidation sites excluding steroid dienone is 4. The molecule has 2 aliphatic rings. The van der Waals surface area contributed by atoms with E-state index in [9.17, 15) is 0 Å². The summed E-state index contributed by atoms with van der Waals surface area (Å²) in [7, 11) is 0. The molecule has 0 unspecified atom stereocenters. The lowest BCUT2D eigenvalue weighted by atomic mass is 10.00. The van der Waals surface area contributed by atoms with Gasteiger partial charge >= 0.3 is 0 Å². The number of para-hydroxylation sites is 4. The van der Waals surface area contributed by atoms with Gasteiger partial charge in [-0.2, -0.15) is 0 Å². The SMILES string of the molecule is C1=CCCC(c2nc(-c3ccccc3)nc(-c3cccc(-n4c5ccccc5c5ccc6c(c54)N(c4ccccc4)c4ccc5c([nH]c7ccccc75)c4N6c4ccccc4)c3)n2)=C1. The number of fused-ring (bicyclic) bond motifs is 10. The fraction of sp³-hybridized carbons (Fsp3) is 0.0351. The first kappa shape index (κ1) is 36.1. The molecule has 1 aliphatic carbocycles. The van der Waals surface area contributed by atoms with Crippen LogP contribution >= 0.6 is 0 Å². The Labute approximate surface area is 369 Å². The Morgan fingerprint density at radius 2 is 1.05 bits per heavy atom. The number of rotatable bonds is 6. The van der Waals surface area contributed by atoms with E-state index in [2.05, 4.69) is 207 Å². The highest BCUT2D eigenvalue weighted by atomic mass is 15.3. The number of hydrogen-bond acceptors (Lipinski definition) is 5. The molecule has 11 aromatic rings. The van der Waals surface area contributed by atoms with Crippen LogP contribution in [0.1, 0.15) is 18.7 Å². The van der Waals surface area contributed by atoms with Crippen LogP contribution in [0.25, 0.3) is 77.6 Å². The van der Waals surface area contributed by atoms with Gasteiger partial charge in [0, 0.05) is 55.3 Å². The molecule has 0 radical (unpaired) electrons. The van der Waals surface area contributed by atoms with Gasteiger partial charge in [-0.15, -0.1) is 0 Å². The van der Waals surface area contributed by atoms with E-state index in [0.29, 0.717) is 17.5 Å². The molecule has 8 aromatic carbocycles. The summed E-state index contributed by atoms with van der Waals surface area (Å²) in [4.78, 5) is 24.1. The van der Waals surface area contributed by atoms with Crippen molar-refractivity contribution >= 4 is 83.3 Å². The van der Waals surface area contributed by atoms with Crippen molar-refractivity contribution < 1.29 is 0 Å². The molecule has 0 atom stereocenters. The summed E-state index contributed by atoms with van der Waals surface area (Å²) in [5.74, 6) is 2.02. The van der Waals surface area contributed by atoms with Gasteiger partial charge < -0.3 is 19.4 Å². The van der Waals surface area contributed by atoms with E-state index in [4.69, 9.17) is 15.0 Å². The van der Waals surface area contributed by atoms with Crippen LogP contribution in [0.4, 0.5) is 34.1 Å². The topological polar surface area (TPSA) is 65.9 Å². The minimum absolute atomic E-state index is 0.640. The molecule has 3 aromatic heterocycles. The Morgan fingerprint density at radius 1 is 0.453 bits per heavy atom. The molecule has 0 amide bonds. The van der Waals surface area contributed by atoms with Gasteiger partial charge in [0.25, 0.3) is 0 Å². The lowest BCUT2D eigenvalue weighted by Gasteiger charge is -2.41. The van der Waals surface area contributed by atoms with Crippen molar-refractivity contribution in [3.05, 3.63) is 212 Å². The van der Waals surface area contributed by atoms with Gasteiger partial charge in [-0.1, -0.05) is 133 Å². The first-order chi connectivity index (χ1) is 31.8. The maximum absolute atomic E-state index is 5.18. The van der Waals surface area contributed by atoms with E-state index >= 15 is 0 Å². The third-order valence-corrected chi connectivity index (χ3v) is 12.7. The van der Waals surface area contributed by atoms with Crippen molar-refractivity contribution in [2.75, 3.05) is 9.80 Å². The second kappa shape index (κ2) is 14.5. The van der Waals surface area contributed by atoms with Crippen LogP contribution in [-0.4, -0.2) is 24.5 Å². The van der Waals surface area contributed by atoms with Crippen LogP contribution in [0.5, 0.6) is 0 Å². The summed E-state index contributed by atoms with van der Waals surface area (Å²) < 4.78 is 2.44. The van der Waals surface area contributed by atoms with Gasteiger partial charge in [0.1, 0.15) is 0 Å². The molecule has 0 fully saturated rings. The van der Waals surface area contributed by atoms with Crippen LogP contribution in [0.15, 0.2) is 206 Å². The smallest absolute Gasteiger partial charge is 0.164 e. The quantitative estimate of drug-likeness (QED) is 0.181. The number of hydrogen-bond donors (Lipinski definition) is 1.